The number of hydrogen-bond donors (Lipinski definition) is 1. The monoisotopic (exact) mass is 238 g/mol. The predicted octanol–water partition coefficient (Wildman–Crippen LogP) is 0.899. The minimum Gasteiger partial charge on any atom is -0.478 e. The van der Waals surface area contributed by atoms with Crippen LogP contribution in [0.1, 0.15) is 12.8 Å². The van der Waals surface area contributed by atoms with Gasteiger partial charge in [0.15, 0.2) is 0 Å². The molecule has 0 spiro atoms. The number of likely N-dealkylation sites (tertiary alicyclic amines) is 1. The van der Waals surface area contributed by atoms with Crippen molar-refractivity contribution in [3.05, 3.63) is 12.2 Å². The highest BCUT2D eigenvalue weighted by atomic mass is 16.4. The molecule has 17 heavy (non-hydrogen) atoms. The first-order valence-electron chi connectivity index (χ1n) is 6.34. The van der Waals surface area contributed by atoms with Crippen LogP contribution in [-0.4, -0.2) is 60.6 Å². The summed E-state index contributed by atoms with van der Waals surface area (Å²) in [6, 6.07) is 0.752. The number of carbonyl (C=O) groups is 1. The molecular weight excluding hydrogens is 216 g/mol. The number of hydrogen-bond acceptors (Lipinski definition) is 3. The van der Waals surface area contributed by atoms with Gasteiger partial charge in [-0.2, -0.15) is 0 Å². The summed E-state index contributed by atoms with van der Waals surface area (Å²) in [6.07, 6.45) is 5.61. The summed E-state index contributed by atoms with van der Waals surface area (Å²) in [7, 11) is 4.33. The maximum atomic E-state index is 10.4. The third-order valence-corrected chi connectivity index (χ3v) is 4.16. The van der Waals surface area contributed by atoms with Crippen molar-refractivity contribution in [2.24, 2.45) is 11.8 Å². The van der Waals surface area contributed by atoms with Gasteiger partial charge in [0.2, 0.25) is 0 Å². The number of carboxylic acids is 1. The fourth-order valence-corrected chi connectivity index (χ4v) is 3.24. The van der Waals surface area contributed by atoms with Crippen LogP contribution in [0.5, 0.6) is 0 Å². The van der Waals surface area contributed by atoms with Crippen molar-refractivity contribution < 1.29 is 9.90 Å². The molecule has 2 fully saturated rings. The van der Waals surface area contributed by atoms with Gasteiger partial charge in [0, 0.05) is 31.8 Å². The van der Waals surface area contributed by atoms with Crippen molar-refractivity contribution in [1.82, 2.24) is 9.80 Å². The Bertz CT molecular complexity index is 301. The lowest BCUT2D eigenvalue weighted by Gasteiger charge is -2.22. The molecule has 1 N–H and O–H groups in total. The van der Waals surface area contributed by atoms with Gasteiger partial charge in [0.25, 0.3) is 0 Å². The lowest BCUT2D eigenvalue weighted by molar-refractivity contribution is -0.131. The molecule has 1 saturated carbocycles. The van der Waals surface area contributed by atoms with Gasteiger partial charge in [-0.3, -0.25) is 4.90 Å². The fourth-order valence-electron chi connectivity index (χ4n) is 3.24. The average molecular weight is 238 g/mol. The molecule has 0 aromatic rings. The zero-order valence-corrected chi connectivity index (χ0v) is 10.7. The van der Waals surface area contributed by atoms with Crippen molar-refractivity contribution in [1.29, 1.82) is 0 Å². The van der Waals surface area contributed by atoms with Crippen LogP contribution < -0.4 is 0 Å². The lowest BCUT2D eigenvalue weighted by Crippen LogP contribution is -2.29. The van der Waals surface area contributed by atoms with Crippen molar-refractivity contribution >= 4 is 5.97 Å². The molecule has 1 aliphatic heterocycles. The van der Waals surface area contributed by atoms with E-state index >= 15 is 0 Å². The van der Waals surface area contributed by atoms with Crippen LogP contribution in [-0.2, 0) is 4.79 Å². The highest BCUT2D eigenvalue weighted by Crippen LogP contribution is 2.39. The number of nitrogens with zero attached hydrogens (tertiary/aromatic N) is 2. The molecule has 2 aliphatic rings. The van der Waals surface area contributed by atoms with E-state index in [4.69, 9.17) is 5.11 Å². The second-order valence-corrected chi connectivity index (χ2v) is 5.57. The van der Waals surface area contributed by atoms with Gasteiger partial charge in [0.1, 0.15) is 0 Å². The Morgan fingerprint density at radius 2 is 1.94 bits per heavy atom. The van der Waals surface area contributed by atoms with E-state index in [0.29, 0.717) is 0 Å². The third kappa shape index (κ3) is 3.07. The number of aliphatic carboxylic acids is 1. The van der Waals surface area contributed by atoms with Crippen molar-refractivity contribution in [2.45, 2.75) is 18.9 Å². The molecule has 4 heteroatoms. The first-order valence-corrected chi connectivity index (χ1v) is 6.34. The van der Waals surface area contributed by atoms with Crippen LogP contribution in [0.3, 0.4) is 0 Å². The van der Waals surface area contributed by atoms with Gasteiger partial charge in [-0.25, -0.2) is 4.79 Å². The molecular formula is C13H22N2O2. The maximum absolute atomic E-state index is 10.4. The van der Waals surface area contributed by atoms with Crippen molar-refractivity contribution in [3.63, 3.8) is 0 Å². The van der Waals surface area contributed by atoms with E-state index in [2.05, 4.69) is 23.9 Å². The van der Waals surface area contributed by atoms with Gasteiger partial charge < -0.3 is 10.0 Å². The minimum atomic E-state index is -0.850. The Kier molecular flexibility index (Phi) is 3.84. The standard InChI is InChI=1S/C13H22N2O2/c1-14(2)12-6-10-8-15(9-11(10)7-12)5-3-4-13(16)17/h3-4,10-12H,5-9H2,1-2H3,(H,16,17)/b4-3+/t10-,11+,12?. The predicted molar refractivity (Wildman–Crippen MR) is 66.9 cm³/mol. The molecule has 1 saturated heterocycles. The van der Waals surface area contributed by atoms with E-state index in [-0.39, 0.29) is 0 Å². The lowest BCUT2D eigenvalue weighted by atomic mass is 10.0. The van der Waals surface area contributed by atoms with Crippen LogP contribution >= 0.6 is 0 Å². The number of carboxylic acid groups (broad SMARTS) is 1. The molecule has 0 bridgehead atoms. The zero-order chi connectivity index (χ0) is 12.4. The Hall–Kier alpha value is -0.870. The molecule has 4 nitrogen and oxygen atoms in total. The molecule has 1 heterocycles. The van der Waals surface area contributed by atoms with Gasteiger partial charge in [-0.05, 0) is 38.8 Å². The van der Waals surface area contributed by atoms with Gasteiger partial charge >= 0.3 is 5.97 Å². The Morgan fingerprint density at radius 1 is 1.35 bits per heavy atom. The van der Waals surface area contributed by atoms with E-state index in [9.17, 15) is 4.79 Å². The van der Waals surface area contributed by atoms with Crippen LogP contribution in [0.2, 0.25) is 0 Å². The molecule has 0 aromatic heterocycles. The van der Waals surface area contributed by atoms with Gasteiger partial charge in [-0.15, -0.1) is 0 Å². The molecule has 1 aliphatic carbocycles. The number of rotatable bonds is 4. The highest BCUT2D eigenvalue weighted by molar-refractivity contribution is 5.79. The summed E-state index contributed by atoms with van der Waals surface area (Å²) in [4.78, 5) is 15.1. The highest BCUT2D eigenvalue weighted by Gasteiger charge is 2.40. The van der Waals surface area contributed by atoms with E-state index < -0.39 is 5.97 Å². The summed E-state index contributed by atoms with van der Waals surface area (Å²) < 4.78 is 0. The van der Waals surface area contributed by atoms with E-state index in [0.717, 1.165) is 37.5 Å². The van der Waals surface area contributed by atoms with Crippen LogP contribution in [0.15, 0.2) is 12.2 Å². The zero-order valence-electron chi connectivity index (χ0n) is 10.7. The van der Waals surface area contributed by atoms with Crippen LogP contribution in [0.4, 0.5) is 0 Å². The number of fused-ring (bicyclic) bond motifs is 1. The van der Waals surface area contributed by atoms with E-state index in [1.807, 2.05) is 0 Å². The van der Waals surface area contributed by atoms with Crippen molar-refractivity contribution in [2.75, 3.05) is 33.7 Å². The average Bonchev–Trinajstić information content (AvgIpc) is 2.73. The third-order valence-electron chi connectivity index (χ3n) is 4.16. The second-order valence-electron chi connectivity index (χ2n) is 5.57. The smallest absolute Gasteiger partial charge is 0.328 e. The molecule has 0 aromatic carbocycles. The summed E-state index contributed by atoms with van der Waals surface area (Å²) in [6.45, 7) is 3.06. The van der Waals surface area contributed by atoms with Crippen LogP contribution in [0, 0.1) is 11.8 Å². The van der Waals surface area contributed by atoms with E-state index in [1.54, 1.807) is 6.08 Å². The fraction of sp³-hybridized carbons (Fsp3) is 0.769. The molecule has 0 amide bonds. The minimum absolute atomic E-state index is 0.752. The first-order chi connectivity index (χ1) is 8.06. The molecule has 3 atom stereocenters. The Balaban J connectivity index is 1.78. The first kappa shape index (κ1) is 12.6. The summed E-state index contributed by atoms with van der Waals surface area (Å²) in [5, 5.41) is 8.53. The molecule has 1 unspecified atom stereocenters. The summed E-state index contributed by atoms with van der Waals surface area (Å²) in [5.74, 6) is 0.790. The largest absolute Gasteiger partial charge is 0.478 e. The van der Waals surface area contributed by atoms with E-state index in [1.165, 1.54) is 18.9 Å². The maximum Gasteiger partial charge on any atom is 0.328 e. The summed E-state index contributed by atoms with van der Waals surface area (Å²) in [5.41, 5.74) is 0. The molecule has 0 radical (unpaired) electrons. The Labute approximate surface area is 103 Å². The summed E-state index contributed by atoms with van der Waals surface area (Å²) >= 11 is 0. The normalized spacial score (nSPS) is 33.7. The quantitative estimate of drug-likeness (QED) is 0.739. The topological polar surface area (TPSA) is 43.8 Å². The van der Waals surface area contributed by atoms with Gasteiger partial charge in [-0.1, -0.05) is 6.08 Å². The SMILES string of the molecule is CN(C)C1C[C@@H]2CN(C/C=C/C(=O)O)C[C@@H]2C1. The Morgan fingerprint density at radius 3 is 2.41 bits per heavy atom. The van der Waals surface area contributed by atoms with Crippen LogP contribution in [0.25, 0.3) is 0 Å². The second kappa shape index (κ2) is 5.19. The van der Waals surface area contributed by atoms with Crippen molar-refractivity contribution in [3.8, 4) is 0 Å². The molecule has 2 rings (SSSR count). The van der Waals surface area contributed by atoms with Gasteiger partial charge in [0.05, 0.1) is 0 Å². The molecule has 96 valence electrons.